The second kappa shape index (κ2) is 6.64. The highest BCUT2D eigenvalue weighted by Gasteiger charge is 2.27. The van der Waals surface area contributed by atoms with Crippen LogP contribution in [0.2, 0.25) is 0 Å². The monoisotopic (exact) mass is 256 g/mol. The van der Waals surface area contributed by atoms with Gasteiger partial charge >= 0.3 is 0 Å². The zero-order valence-corrected chi connectivity index (χ0v) is 11.5. The minimum atomic E-state index is 0.0780. The summed E-state index contributed by atoms with van der Waals surface area (Å²) in [6.07, 6.45) is 7.06. The van der Waals surface area contributed by atoms with Crippen LogP contribution in [0.1, 0.15) is 45.4 Å². The van der Waals surface area contributed by atoms with E-state index in [2.05, 4.69) is 17.6 Å². The molecule has 1 aliphatic heterocycles. The van der Waals surface area contributed by atoms with Crippen molar-refractivity contribution in [1.29, 1.82) is 0 Å². The molecule has 1 saturated carbocycles. The van der Waals surface area contributed by atoms with Crippen molar-refractivity contribution in [2.24, 2.45) is 0 Å². The minimum Gasteiger partial charge on any atom is -0.352 e. The maximum absolute atomic E-state index is 12.0. The molecule has 3 nitrogen and oxygen atoms in total. The summed E-state index contributed by atoms with van der Waals surface area (Å²) in [5.41, 5.74) is 0. The summed E-state index contributed by atoms with van der Waals surface area (Å²) in [6, 6.07) is 0.497. The van der Waals surface area contributed by atoms with Crippen molar-refractivity contribution < 1.29 is 4.79 Å². The summed E-state index contributed by atoms with van der Waals surface area (Å²) in [5, 5.41) is 7.26. The van der Waals surface area contributed by atoms with Crippen LogP contribution in [0, 0.1) is 0 Å². The predicted molar refractivity (Wildman–Crippen MR) is 73.3 cm³/mol. The van der Waals surface area contributed by atoms with E-state index in [0.717, 1.165) is 31.1 Å². The van der Waals surface area contributed by atoms with Crippen molar-refractivity contribution in [3.63, 3.8) is 0 Å². The average molecular weight is 256 g/mol. The fourth-order valence-corrected chi connectivity index (χ4v) is 4.05. The van der Waals surface area contributed by atoms with Crippen LogP contribution in [-0.4, -0.2) is 35.5 Å². The maximum atomic E-state index is 12.0. The van der Waals surface area contributed by atoms with Crippen molar-refractivity contribution in [1.82, 2.24) is 10.6 Å². The third-order valence-corrected chi connectivity index (χ3v) is 4.98. The maximum Gasteiger partial charge on any atom is 0.237 e. The lowest BCUT2D eigenvalue weighted by molar-refractivity contribution is -0.123. The highest BCUT2D eigenvalue weighted by Crippen LogP contribution is 2.28. The van der Waals surface area contributed by atoms with E-state index in [1.807, 2.05) is 11.8 Å². The van der Waals surface area contributed by atoms with E-state index >= 15 is 0 Å². The molecule has 0 bridgehead atoms. The molecule has 17 heavy (non-hydrogen) atoms. The van der Waals surface area contributed by atoms with Crippen LogP contribution in [0.4, 0.5) is 0 Å². The first kappa shape index (κ1) is 13.2. The number of nitrogens with one attached hydrogen (secondary N) is 2. The van der Waals surface area contributed by atoms with Gasteiger partial charge in [0.25, 0.3) is 0 Å². The first-order valence-electron chi connectivity index (χ1n) is 6.95. The predicted octanol–water partition coefficient (Wildman–Crippen LogP) is 1.92. The molecule has 98 valence electrons. The quantitative estimate of drug-likeness (QED) is 0.807. The highest BCUT2D eigenvalue weighted by molar-refractivity contribution is 7.99. The molecule has 2 fully saturated rings. The number of carbonyl (C=O) groups is 1. The van der Waals surface area contributed by atoms with Crippen molar-refractivity contribution in [3.8, 4) is 0 Å². The van der Waals surface area contributed by atoms with Gasteiger partial charge in [0.2, 0.25) is 5.91 Å². The molecule has 0 aromatic heterocycles. The van der Waals surface area contributed by atoms with Gasteiger partial charge in [-0.1, -0.05) is 13.3 Å². The molecule has 1 saturated heterocycles. The highest BCUT2D eigenvalue weighted by atomic mass is 32.2. The lowest BCUT2D eigenvalue weighted by Crippen LogP contribution is -2.47. The molecule has 1 amide bonds. The lowest BCUT2D eigenvalue weighted by atomic mass is 9.94. The van der Waals surface area contributed by atoms with Crippen LogP contribution >= 0.6 is 11.8 Å². The molecule has 0 aromatic carbocycles. The van der Waals surface area contributed by atoms with Gasteiger partial charge in [0.05, 0.1) is 6.04 Å². The van der Waals surface area contributed by atoms with E-state index < -0.39 is 0 Å². The number of rotatable bonds is 4. The molecule has 0 aromatic rings. The molecule has 0 radical (unpaired) electrons. The largest absolute Gasteiger partial charge is 0.352 e. The first-order valence-corrected chi connectivity index (χ1v) is 8.00. The van der Waals surface area contributed by atoms with E-state index in [9.17, 15) is 4.79 Å². The SMILES string of the molecule is CCSC1CCCC(NC(=O)C2CCCN2)C1. The van der Waals surface area contributed by atoms with Crippen LogP contribution in [0.25, 0.3) is 0 Å². The van der Waals surface area contributed by atoms with Crippen LogP contribution in [0.5, 0.6) is 0 Å². The Bertz CT molecular complexity index is 252. The van der Waals surface area contributed by atoms with Crippen LogP contribution < -0.4 is 10.6 Å². The van der Waals surface area contributed by atoms with E-state index in [1.165, 1.54) is 25.0 Å². The Labute approximate surface area is 108 Å². The number of hydrogen-bond donors (Lipinski definition) is 2. The number of thioether (sulfide) groups is 1. The Kier molecular flexibility index (Phi) is 5.16. The van der Waals surface area contributed by atoms with E-state index in [0.29, 0.717) is 6.04 Å². The third kappa shape index (κ3) is 3.88. The van der Waals surface area contributed by atoms with Gasteiger partial charge in [-0.3, -0.25) is 4.79 Å². The normalized spacial score (nSPS) is 33.6. The number of amides is 1. The van der Waals surface area contributed by atoms with E-state index in [1.54, 1.807) is 0 Å². The summed E-state index contributed by atoms with van der Waals surface area (Å²) < 4.78 is 0. The number of carbonyl (C=O) groups excluding carboxylic acids is 1. The standard InChI is InChI=1S/C13H24N2OS/c1-2-17-11-6-3-5-10(9-11)15-13(16)12-7-4-8-14-12/h10-12,14H,2-9H2,1H3,(H,15,16). The van der Waals surface area contributed by atoms with Crippen LogP contribution in [-0.2, 0) is 4.79 Å². The van der Waals surface area contributed by atoms with Gasteiger partial charge in [-0.05, 0) is 44.4 Å². The molecule has 3 atom stereocenters. The second-order valence-corrected chi connectivity index (χ2v) is 6.68. The molecule has 1 aliphatic carbocycles. The molecule has 2 N–H and O–H groups in total. The van der Waals surface area contributed by atoms with Crippen molar-refractivity contribution in [2.75, 3.05) is 12.3 Å². The van der Waals surface area contributed by atoms with Crippen molar-refractivity contribution in [3.05, 3.63) is 0 Å². The lowest BCUT2D eigenvalue weighted by Gasteiger charge is -2.30. The summed E-state index contributed by atoms with van der Waals surface area (Å²) in [7, 11) is 0. The summed E-state index contributed by atoms with van der Waals surface area (Å²) in [5.74, 6) is 1.42. The molecular formula is C13H24N2OS. The number of hydrogen-bond acceptors (Lipinski definition) is 3. The first-order chi connectivity index (χ1) is 8.29. The van der Waals surface area contributed by atoms with Crippen LogP contribution in [0.15, 0.2) is 0 Å². The molecule has 0 spiro atoms. The zero-order valence-electron chi connectivity index (χ0n) is 10.7. The Morgan fingerprint density at radius 3 is 2.94 bits per heavy atom. The van der Waals surface area contributed by atoms with Gasteiger partial charge in [0, 0.05) is 11.3 Å². The minimum absolute atomic E-state index is 0.0780. The Morgan fingerprint density at radius 2 is 2.24 bits per heavy atom. The van der Waals surface area contributed by atoms with Gasteiger partial charge in [-0.15, -0.1) is 0 Å². The molecule has 2 rings (SSSR count). The molecule has 3 unspecified atom stereocenters. The van der Waals surface area contributed by atoms with E-state index in [4.69, 9.17) is 0 Å². The molecular weight excluding hydrogens is 232 g/mol. The van der Waals surface area contributed by atoms with Gasteiger partial charge < -0.3 is 10.6 Å². The summed E-state index contributed by atoms with van der Waals surface area (Å²) in [4.78, 5) is 12.0. The smallest absolute Gasteiger partial charge is 0.237 e. The van der Waals surface area contributed by atoms with Gasteiger partial charge in [-0.2, -0.15) is 11.8 Å². The van der Waals surface area contributed by atoms with Gasteiger partial charge in [0.15, 0.2) is 0 Å². The molecule has 2 aliphatic rings. The summed E-state index contributed by atoms with van der Waals surface area (Å²) >= 11 is 2.05. The Balaban J connectivity index is 1.75. The van der Waals surface area contributed by atoms with Crippen LogP contribution in [0.3, 0.4) is 0 Å². The van der Waals surface area contributed by atoms with Crippen molar-refractivity contribution >= 4 is 17.7 Å². The zero-order chi connectivity index (χ0) is 12.1. The fourth-order valence-electron chi connectivity index (χ4n) is 2.87. The summed E-state index contributed by atoms with van der Waals surface area (Å²) in [6.45, 7) is 3.21. The van der Waals surface area contributed by atoms with Gasteiger partial charge in [0.1, 0.15) is 0 Å². The third-order valence-electron chi connectivity index (χ3n) is 3.75. The average Bonchev–Trinajstić information content (AvgIpc) is 2.83. The Morgan fingerprint density at radius 1 is 1.35 bits per heavy atom. The second-order valence-electron chi connectivity index (χ2n) is 5.10. The fraction of sp³-hybridized carbons (Fsp3) is 0.923. The van der Waals surface area contributed by atoms with Gasteiger partial charge in [-0.25, -0.2) is 0 Å². The topological polar surface area (TPSA) is 41.1 Å². The molecule has 1 heterocycles. The van der Waals surface area contributed by atoms with Crippen molar-refractivity contribution in [2.45, 2.75) is 62.8 Å². The Hall–Kier alpha value is -0.220. The molecule has 4 heteroatoms. The van der Waals surface area contributed by atoms with E-state index in [-0.39, 0.29) is 11.9 Å².